The van der Waals surface area contributed by atoms with Gasteiger partial charge in [0.25, 0.3) is 0 Å². The molecule has 0 amide bonds. The zero-order chi connectivity index (χ0) is 10.3. The number of hydrogen-bond acceptors (Lipinski definition) is 2. The minimum atomic E-state index is -4.40. The quantitative estimate of drug-likeness (QED) is 0.601. The second-order valence-electron chi connectivity index (χ2n) is 3.02. The highest BCUT2D eigenvalue weighted by atomic mass is 19.4. The number of nitrogens with zero attached hydrogens (tertiary/aromatic N) is 1. The summed E-state index contributed by atoms with van der Waals surface area (Å²) in [7, 11) is 0. The third-order valence-electron chi connectivity index (χ3n) is 2.06. The lowest BCUT2D eigenvalue weighted by Crippen LogP contribution is -2.43. The van der Waals surface area contributed by atoms with Crippen molar-refractivity contribution in [3.63, 3.8) is 0 Å². The average molecular weight is 203 g/mol. The van der Waals surface area contributed by atoms with E-state index in [1.807, 2.05) is 0 Å². The zero-order valence-electron chi connectivity index (χ0n) is 7.38. The SMILES string of the molecule is CC1Oc2ccccc2N1C(F)(F)F. The van der Waals surface area contributed by atoms with E-state index in [-0.39, 0.29) is 11.4 Å². The van der Waals surface area contributed by atoms with Crippen molar-refractivity contribution in [2.24, 2.45) is 0 Å². The molecule has 1 aromatic rings. The van der Waals surface area contributed by atoms with Crippen LogP contribution >= 0.6 is 0 Å². The van der Waals surface area contributed by atoms with Gasteiger partial charge in [-0.05, 0) is 19.1 Å². The molecule has 1 unspecified atom stereocenters. The van der Waals surface area contributed by atoms with Gasteiger partial charge >= 0.3 is 6.30 Å². The molecular weight excluding hydrogens is 195 g/mol. The van der Waals surface area contributed by atoms with E-state index in [2.05, 4.69) is 0 Å². The van der Waals surface area contributed by atoms with Crippen molar-refractivity contribution in [3.05, 3.63) is 24.3 Å². The van der Waals surface area contributed by atoms with Crippen LogP contribution in [0.25, 0.3) is 0 Å². The Balaban J connectivity index is 2.45. The van der Waals surface area contributed by atoms with Crippen LogP contribution < -0.4 is 9.64 Å². The lowest BCUT2D eigenvalue weighted by molar-refractivity contribution is -0.140. The summed E-state index contributed by atoms with van der Waals surface area (Å²) in [5.41, 5.74) is 0.0764. The summed E-state index contributed by atoms with van der Waals surface area (Å²) in [6.45, 7) is 1.37. The van der Waals surface area contributed by atoms with Gasteiger partial charge in [0.15, 0.2) is 6.23 Å². The van der Waals surface area contributed by atoms with Crippen molar-refractivity contribution < 1.29 is 17.9 Å². The third kappa shape index (κ3) is 1.29. The number of alkyl halides is 3. The Morgan fingerprint density at radius 3 is 2.57 bits per heavy atom. The van der Waals surface area contributed by atoms with Crippen LogP contribution in [0, 0.1) is 0 Å². The largest absolute Gasteiger partial charge is 0.487 e. The molecule has 0 saturated carbocycles. The molecule has 0 aromatic heterocycles. The minimum Gasteiger partial charge on any atom is -0.468 e. The lowest BCUT2D eigenvalue weighted by Gasteiger charge is -2.24. The van der Waals surface area contributed by atoms with Gasteiger partial charge in [0, 0.05) is 0 Å². The fraction of sp³-hybridized carbons (Fsp3) is 0.333. The van der Waals surface area contributed by atoms with E-state index in [1.165, 1.54) is 19.1 Å². The third-order valence-corrected chi connectivity index (χ3v) is 2.06. The Kier molecular flexibility index (Phi) is 1.83. The molecule has 2 rings (SSSR count). The van der Waals surface area contributed by atoms with E-state index in [4.69, 9.17) is 4.74 Å². The number of rotatable bonds is 0. The van der Waals surface area contributed by atoms with Crippen LogP contribution in [0.15, 0.2) is 24.3 Å². The van der Waals surface area contributed by atoms with Crippen molar-refractivity contribution in [1.29, 1.82) is 0 Å². The maximum absolute atomic E-state index is 12.5. The van der Waals surface area contributed by atoms with Gasteiger partial charge < -0.3 is 4.74 Å². The van der Waals surface area contributed by atoms with Crippen molar-refractivity contribution in [1.82, 2.24) is 0 Å². The lowest BCUT2D eigenvalue weighted by atomic mass is 10.3. The molecule has 5 heteroatoms. The first kappa shape index (κ1) is 9.18. The summed E-state index contributed by atoms with van der Waals surface area (Å²) in [4.78, 5) is 0.308. The molecule has 1 atom stereocenters. The molecule has 0 fully saturated rings. The summed E-state index contributed by atoms with van der Waals surface area (Å²) >= 11 is 0. The molecule has 0 saturated heterocycles. The molecule has 0 aliphatic carbocycles. The van der Waals surface area contributed by atoms with E-state index in [1.54, 1.807) is 12.1 Å². The molecule has 14 heavy (non-hydrogen) atoms. The van der Waals surface area contributed by atoms with Gasteiger partial charge in [0.1, 0.15) is 5.75 Å². The highest BCUT2D eigenvalue weighted by Gasteiger charge is 2.46. The Morgan fingerprint density at radius 2 is 1.93 bits per heavy atom. The van der Waals surface area contributed by atoms with E-state index < -0.39 is 12.5 Å². The van der Waals surface area contributed by atoms with Crippen LogP contribution in [-0.4, -0.2) is 12.5 Å². The van der Waals surface area contributed by atoms with Gasteiger partial charge in [-0.3, -0.25) is 0 Å². The van der Waals surface area contributed by atoms with Gasteiger partial charge in [0.05, 0.1) is 5.69 Å². The van der Waals surface area contributed by atoms with Crippen LogP contribution in [0.4, 0.5) is 18.9 Å². The fourth-order valence-electron chi connectivity index (χ4n) is 1.53. The summed E-state index contributed by atoms with van der Waals surface area (Å²) in [6.07, 6.45) is -5.39. The number of anilines is 1. The van der Waals surface area contributed by atoms with Crippen molar-refractivity contribution in [3.8, 4) is 5.75 Å². The number of halogens is 3. The topological polar surface area (TPSA) is 12.5 Å². The van der Waals surface area contributed by atoms with Gasteiger partial charge in [-0.1, -0.05) is 12.1 Å². The first-order valence-electron chi connectivity index (χ1n) is 4.12. The van der Waals surface area contributed by atoms with E-state index in [0.29, 0.717) is 4.90 Å². The van der Waals surface area contributed by atoms with E-state index in [0.717, 1.165) is 0 Å². The molecule has 1 aliphatic rings. The van der Waals surface area contributed by atoms with Crippen LogP contribution in [0.3, 0.4) is 0 Å². The molecule has 1 aliphatic heterocycles. The van der Waals surface area contributed by atoms with Crippen molar-refractivity contribution >= 4 is 5.69 Å². The number of ether oxygens (including phenoxy) is 1. The Hall–Kier alpha value is -1.39. The standard InChI is InChI=1S/C9H8F3NO/c1-6-13(9(10,11)12)7-4-2-3-5-8(7)14-6/h2-6H,1H3. The zero-order valence-corrected chi connectivity index (χ0v) is 7.38. The maximum atomic E-state index is 12.5. The number of hydrogen-bond donors (Lipinski definition) is 0. The van der Waals surface area contributed by atoms with E-state index >= 15 is 0 Å². The summed E-state index contributed by atoms with van der Waals surface area (Å²) in [5, 5.41) is 0. The highest BCUT2D eigenvalue weighted by Crippen LogP contribution is 2.42. The Labute approximate surface area is 78.9 Å². The van der Waals surface area contributed by atoms with Crippen molar-refractivity contribution in [2.45, 2.75) is 19.5 Å². The first-order valence-corrected chi connectivity index (χ1v) is 4.12. The number of fused-ring (bicyclic) bond motifs is 1. The first-order chi connectivity index (χ1) is 6.50. The van der Waals surface area contributed by atoms with Crippen LogP contribution in [0.1, 0.15) is 6.92 Å². The van der Waals surface area contributed by atoms with Gasteiger partial charge in [0.2, 0.25) is 0 Å². The van der Waals surface area contributed by atoms with Crippen LogP contribution in [0.2, 0.25) is 0 Å². The van der Waals surface area contributed by atoms with Crippen LogP contribution in [0.5, 0.6) is 5.75 Å². The molecule has 0 radical (unpaired) electrons. The average Bonchev–Trinajstić information content (AvgIpc) is 2.38. The minimum absolute atomic E-state index is 0.0764. The Bertz CT molecular complexity index is 350. The van der Waals surface area contributed by atoms with Gasteiger partial charge in [-0.25, -0.2) is 4.90 Å². The predicted molar refractivity (Wildman–Crippen MR) is 45.1 cm³/mol. The summed E-state index contributed by atoms with van der Waals surface area (Å²) in [5.74, 6) is 0.275. The molecular formula is C9H8F3NO. The summed E-state index contributed by atoms with van der Waals surface area (Å²) in [6, 6.07) is 6.12. The summed E-state index contributed by atoms with van der Waals surface area (Å²) < 4.78 is 42.7. The molecule has 0 bridgehead atoms. The predicted octanol–water partition coefficient (Wildman–Crippen LogP) is 2.75. The monoisotopic (exact) mass is 203 g/mol. The number of benzene rings is 1. The normalized spacial score (nSPS) is 20.6. The van der Waals surface area contributed by atoms with Gasteiger partial charge in [-0.2, -0.15) is 0 Å². The van der Waals surface area contributed by atoms with Crippen LogP contribution in [-0.2, 0) is 0 Å². The molecule has 0 spiro atoms. The number of para-hydroxylation sites is 2. The molecule has 2 nitrogen and oxygen atoms in total. The second kappa shape index (κ2) is 2.80. The molecule has 1 aromatic carbocycles. The highest BCUT2D eigenvalue weighted by molar-refractivity contribution is 5.62. The maximum Gasteiger partial charge on any atom is 0.487 e. The van der Waals surface area contributed by atoms with Gasteiger partial charge in [-0.15, -0.1) is 13.2 Å². The van der Waals surface area contributed by atoms with Crippen molar-refractivity contribution in [2.75, 3.05) is 4.90 Å². The Morgan fingerprint density at radius 1 is 1.29 bits per heavy atom. The van der Waals surface area contributed by atoms with E-state index in [9.17, 15) is 13.2 Å². The fourth-order valence-corrected chi connectivity index (χ4v) is 1.53. The molecule has 76 valence electrons. The smallest absolute Gasteiger partial charge is 0.468 e. The second-order valence-corrected chi connectivity index (χ2v) is 3.02. The molecule has 0 N–H and O–H groups in total. The molecule has 1 heterocycles.